The van der Waals surface area contributed by atoms with Crippen LogP contribution in [-0.4, -0.2) is 64.6 Å². The Kier molecular flexibility index (Phi) is 8.61. The zero-order valence-corrected chi connectivity index (χ0v) is 11.4. The van der Waals surface area contributed by atoms with Crippen molar-refractivity contribution in [1.82, 2.24) is 10.2 Å². The SMILES string of the molecule is CCOCCN1CCC(CNCCOC)CC1. The van der Waals surface area contributed by atoms with Gasteiger partial charge in [0.2, 0.25) is 0 Å². The number of likely N-dealkylation sites (tertiary alicyclic amines) is 1. The number of ether oxygens (including phenoxy) is 2. The number of nitrogens with zero attached hydrogens (tertiary/aromatic N) is 1. The average Bonchev–Trinajstić information content (AvgIpc) is 2.37. The molecule has 0 atom stereocenters. The fourth-order valence-corrected chi connectivity index (χ4v) is 2.23. The minimum Gasteiger partial charge on any atom is -0.383 e. The van der Waals surface area contributed by atoms with Crippen molar-refractivity contribution in [3.63, 3.8) is 0 Å². The average molecular weight is 244 g/mol. The highest BCUT2D eigenvalue weighted by Gasteiger charge is 2.18. The molecule has 1 N–H and O–H groups in total. The lowest BCUT2D eigenvalue weighted by Gasteiger charge is -2.31. The highest BCUT2D eigenvalue weighted by atomic mass is 16.5. The number of hydrogen-bond acceptors (Lipinski definition) is 4. The van der Waals surface area contributed by atoms with E-state index in [1.807, 2.05) is 0 Å². The second kappa shape index (κ2) is 9.83. The van der Waals surface area contributed by atoms with Crippen molar-refractivity contribution in [3.8, 4) is 0 Å². The lowest BCUT2D eigenvalue weighted by molar-refractivity contribution is 0.0952. The van der Waals surface area contributed by atoms with E-state index in [0.29, 0.717) is 0 Å². The topological polar surface area (TPSA) is 33.7 Å². The molecule has 0 unspecified atom stereocenters. The molecule has 0 aliphatic carbocycles. The molecule has 1 aliphatic rings. The zero-order valence-electron chi connectivity index (χ0n) is 11.4. The van der Waals surface area contributed by atoms with Gasteiger partial charge in [0.25, 0.3) is 0 Å². The molecule has 0 aromatic carbocycles. The summed E-state index contributed by atoms with van der Waals surface area (Å²) in [6.45, 7) is 10.2. The van der Waals surface area contributed by atoms with Gasteiger partial charge in [-0.25, -0.2) is 0 Å². The van der Waals surface area contributed by atoms with Crippen molar-refractivity contribution in [2.45, 2.75) is 19.8 Å². The molecule has 4 heteroatoms. The molecule has 1 heterocycles. The van der Waals surface area contributed by atoms with Gasteiger partial charge in [0.1, 0.15) is 0 Å². The second-order valence-corrected chi connectivity index (χ2v) is 4.68. The minimum absolute atomic E-state index is 0.813. The third-order valence-corrected chi connectivity index (χ3v) is 3.38. The fourth-order valence-electron chi connectivity index (χ4n) is 2.23. The first-order valence-electron chi connectivity index (χ1n) is 6.86. The number of hydrogen-bond donors (Lipinski definition) is 1. The maximum Gasteiger partial charge on any atom is 0.0593 e. The van der Waals surface area contributed by atoms with E-state index >= 15 is 0 Å². The molecule has 0 saturated carbocycles. The largest absolute Gasteiger partial charge is 0.383 e. The molecule has 4 nitrogen and oxygen atoms in total. The van der Waals surface area contributed by atoms with Gasteiger partial charge in [-0.3, -0.25) is 0 Å². The van der Waals surface area contributed by atoms with Gasteiger partial charge in [0.05, 0.1) is 13.2 Å². The van der Waals surface area contributed by atoms with Crippen LogP contribution < -0.4 is 5.32 Å². The molecule has 0 spiro atoms. The van der Waals surface area contributed by atoms with Gasteiger partial charge in [0.15, 0.2) is 0 Å². The zero-order chi connectivity index (χ0) is 12.3. The van der Waals surface area contributed by atoms with E-state index in [1.54, 1.807) is 7.11 Å². The standard InChI is InChI=1S/C13H28N2O2/c1-3-17-11-9-15-7-4-13(5-8-15)12-14-6-10-16-2/h13-14H,3-12H2,1-2H3. The normalized spacial score (nSPS) is 18.7. The van der Waals surface area contributed by atoms with Crippen LogP contribution in [-0.2, 0) is 9.47 Å². The summed E-state index contributed by atoms with van der Waals surface area (Å²) in [5.41, 5.74) is 0. The molecule has 0 amide bonds. The summed E-state index contributed by atoms with van der Waals surface area (Å²) in [4.78, 5) is 2.52. The quantitative estimate of drug-likeness (QED) is 0.613. The second-order valence-electron chi connectivity index (χ2n) is 4.68. The summed E-state index contributed by atoms with van der Waals surface area (Å²) in [5.74, 6) is 0.843. The molecule has 0 aromatic rings. The Bertz CT molecular complexity index is 171. The van der Waals surface area contributed by atoms with E-state index in [9.17, 15) is 0 Å². The summed E-state index contributed by atoms with van der Waals surface area (Å²) in [6, 6.07) is 0. The summed E-state index contributed by atoms with van der Waals surface area (Å²) in [7, 11) is 1.75. The van der Waals surface area contributed by atoms with Crippen molar-refractivity contribution < 1.29 is 9.47 Å². The first-order valence-corrected chi connectivity index (χ1v) is 6.86. The van der Waals surface area contributed by atoms with E-state index in [4.69, 9.17) is 9.47 Å². The number of rotatable bonds is 9. The monoisotopic (exact) mass is 244 g/mol. The van der Waals surface area contributed by atoms with Crippen LogP contribution in [0.4, 0.5) is 0 Å². The molecular weight excluding hydrogens is 216 g/mol. The molecule has 1 rings (SSSR count). The van der Waals surface area contributed by atoms with Gasteiger partial charge in [-0.15, -0.1) is 0 Å². The van der Waals surface area contributed by atoms with E-state index < -0.39 is 0 Å². The van der Waals surface area contributed by atoms with E-state index in [2.05, 4.69) is 17.1 Å². The van der Waals surface area contributed by atoms with Crippen LogP contribution in [0.5, 0.6) is 0 Å². The minimum atomic E-state index is 0.813. The molecule has 17 heavy (non-hydrogen) atoms. The van der Waals surface area contributed by atoms with E-state index in [-0.39, 0.29) is 0 Å². The smallest absolute Gasteiger partial charge is 0.0593 e. The summed E-state index contributed by atoms with van der Waals surface area (Å²) in [6.07, 6.45) is 2.62. The highest BCUT2D eigenvalue weighted by Crippen LogP contribution is 2.15. The first-order chi connectivity index (χ1) is 8.36. The number of piperidine rings is 1. The molecule has 102 valence electrons. The molecular formula is C13H28N2O2. The lowest BCUT2D eigenvalue weighted by Crippen LogP contribution is -2.39. The van der Waals surface area contributed by atoms with Gasteiger partial charge in [-0.2, -0.15) is 0 Å². The van der Waals surface area contributed by atoms with Crippen molar-refractivity contribution in [1.29, 1.82) is 0 Å². The third-order valence-electron chi connectivity index (χ3n) is 3.38. The Labute approximate surface area is 106 Å². The van der Waals surface area contributed by atoms with Crippen LogP contribution in [0, 0.1) is 5.92 Å². The van der Waals surface area contributed by atoms with Gasteiger partial charge in [-0.05, 0) is 45.3 Å². The maximum atomic E-state index is 5.39. The summed E-state index contributed by atoms with van der Waals surface area (Å²) < 4.78 is 10.4. The van der Waals surface area contributed by atoms with Gasteiger partial charge < -0.3 is 19.7 Å². The summed E-state index contributed by atoms with van der Waals surface area (Å²) >= 11 is 0. The Hall–Kier alpha value is -0.160. The third kappa shape index (κ3) is 6.99. The number of methoxy groups -OCH3 is 1. The molecule has 1 aliphatic heterocycles. The Morgan fingerprint density at radius 2 is 2.00 bits per heavy atom. The molecule has 0 radical (unpaired) electrons. The van der Waals surface area contributed by atoms with Gasteiger partial charge >= 0.3 is 0 Å². The van der Waals surface area contributed by atoms with Crippen LogP contribution >= 0.6 is 0 Å². The van der Waals surface area contributed by atoms with Crippen LogP contribution in [0.2, 0.25) is 0 Å². The molecule has 0 aromatic heterocycles. The van der Waals surface area contributed by atoms with Gasteiger partial charge in [-0.1, -0.05) is 0 Å². The predicted octanol–water partition coefficient (Wildman–Crippen LogP) is 0.971. The lowest BCUT2D eigenvalue weighted by atomic mass is 9.97. The summed E-state index contributed by atoms with van der Waals surface area (Å²) in [5, 5.41) is 3.45. The fraction of sp³-hybridized carbons (Fsp3) is 1.00. The van der Waals surface area contributed by atoms with Crippen molar-refractivity contribution in [2.75, 3.05) is 59.7 Å². The first kappa shape index (κ1) is 14.9. The molecule has 0 bridgehead atoms. The van der Waals surface area contributed by atoms with Crippen molar-refractivity contribution >= 4 is 0 Å². The van der Waals surface area contributed by atoms with Gasteiger partial charge in [0, 0.05) is 26.8 Å². The molecule has 1 saturated heterocycles. The predicted molar refractivity (Wildman–Crippen MR) is 70.4 cm³/mol. The Morgan fingerprint density at radius 1 is 1.24 bits per heavy atom. The van der Waals surface area contributed by atoms with Crippen LogP contribution in [0.25, 0.3) is 0 Å². The Morgan fingerprint density at radius 3 is 2.65 bits per heavy atom. The number of nitrogens with one attached hydrogen (secondary N) is 1. The van der Waals surface area contributed by atoms with E-state index in [1.165, 1.54) is 25.9 Å². The van der Waals surface area contributed by atoms with Crippen LogP contribution in [0.3, 0.4) is 0 Å². The maximum absolute atomic E-state index is 5.39. The van der Waals surface area contributed by atoms with Crippen molar-refractivity contribution in [3.05, 3.63) is 0 Å². The molecule has 1 fully saturated rings. The van der Waals surface area contributed by atoms with Crippen LogP contribution in [0.1, 0.15) is 19.8 Å². The highest BCUT2D eigenvalue weighted by molar-refractivity contribution is 4.73. The Balaban J connectivity index is 1.97. The van der Waals surface area contributed by atoms with Crippen LogP contribution in [0.15, 0.2) is 0 Å². The van der Waals surface area contributed by atoms with E-state index in [0.717, 1.165) is 45.4 Å². The van der Waals surface area contributed by atoms with Crippen molar-refractivity contribution in [2.24, 2.45) is 5.92 Å².